The molecule has 0 aromatic heterocycles. The predicted octanol–water partition coefficient (Wildman–Crippen LogP) is 0.591. The summed E-state index contributed by atoms with van der Waals surface area (Å²) in [7, 11) is -3.53. The van der Waals surface area contributed by atoms with Gasteiger partial charge in [-0.25, -0.2) is 13.1 Å². The fraction of sp³-hybridized carbons (Fsp3) is 0.611. The zero-order valence-corrected chi connectivity index (χ0v) is 16.8. The van der Waals surface area contributed by atoms with Crippen LogP contribution in [0.1, 0.15) is 20.3 Å². The Balaban J connectivity index is 1.67. The Morgan fingerprint density at radius 1 is 1.22 bits per heavy atom. The van der Waals surface area contributed by atoms with Gasteiger partial charge in [0.05, 0.1) is 18.1 Å². The molecule has 27 heavy (non-hydrogen) atoms. The highest BCUT2D eigenvalue weighted by Crippen LogP contribution is 2.16. The summed E-state index contributed by atoms with van der Waals surface area (Å²) in [6, 6.07) is 5.82. The molecule has 0 unspecified atom stereocenters. The van der Waals surface area contributed by atoms with Gasteiger partial charge < -0.3 is 14.8 Å². The lowest BCUT2D eigenvalue weighted by Gasteiger charge is -2.26. The van der Waals surface area contributed by atoms with Crippen molar-refractivity contribution in [3.8, 4) is 5.75 Å². The number of carbonyl (C=O) groups is 1. The Morgan fingerprint density at radius 3 is 2.52 bits per heavy atom. The van der Waals surface area contributed by atoms with E-state index in [1.54, 1.807) is 26.0 Å². The van der Waals surface area contributed by atoms with Crippen LogP contribution in [0.15, 0.2) is 29.2 Å². The van der Waals surface area contributed by atoms with E-state index in [-0.39, 0.29) is 23.5 Å². The number of amides is 1. The zero-order chi connectivity index (χ0) is 19.7. The van der Waals surface area contributed by atoms with E-state index in [1.165, 1.54) is 12.1 Å². The standard InChI is InChI=1S/C18H29N3O5S/c1-15(2)20-27(23,24)17-6-4-16(5-7-17)26-14-18(22)19-8-3-9-21-10-12-25-13-11-21/h4-7,15,20H,3,8-14H2,1-2H3,(H,19,22). The molecule has 2 rings (SSSR count). The molecule has 0 spiro atoms. The van der Waals surface area contributed by atoms with E-state index in [0.29, 0.717) is 12.3 Å². The monoisotopic (exact) mass is 399 g/mol. The van der Waals surface area contributed by atoms with Crippen molar-refractivity contribution >= 4 is 15.9 Å². The second-order valence-electron chi connectivity index (χ2n) is 6.69. The number of ether oxygens (including phenoxy) is 2. The quantitative estimate of drug-likeness (QED) is 0.559. The first-order valence-corrected chi connectivity index (χ1v) is 10.7. The molecule has 1 saturated heterocycles. The van der Waals surface area contributed by atoms with E-state index in [0.717, 1.165) is 39.3 Å². The summed E-state index contributed by atoms with van der Waals surface area (Å²) < 4.78 is 37.3. The van der Waals surface area contributed by atoms with E-state index < -0.39 is 10.0 Å². The molecule has 0 saturated carbocycles. The number of hydrogen-bond donors (Lipinski definition) is 2. The number of carbonyl (C=O) groups excluding carboxylic acids is 1. The van der Waals surface area contributed by atoms with E-state index in [4.69, 9.17) is 9.47 Å². The second-order valence-corrected chi connectivity index (χ2v) is 8.41. The van der Waals surface area contributed by atoms with Crippen molar-refractivity contribution in [2.75, 3.05) is 46.0 Å². The van der Waals surface area contributed by atoms with Crippen LogP contribution in [-0.4, -0.2) is 71.3 Å². The Labute approximate surface area is 161 Å². The molecule has 0 atom stereocenters. The van der Waals surface area contributed by atoms with Gasteiger partial charge in [-0.2, -0.15) is 0 Å². The lowest BCUT2D eigenvalue weighted by molar-refractivity contribution is -0.123. The minimum atomic E-state index is -3.53. The molecule has 1 aliphatic heterocycles. The minimum Gasteiger partial charge on any atom is -0.484 e. The summed E-state index contributed by atoms with van der Waals surface area (Å²) in [5.41, 5.74) is 0. The topological polar surface area (TPSA) is 97.0 Å². The molecule has 0 bridgehead atoms. The first-order valence-electron chi connectivity index (χ1n) is 9.19. The Morgan fingerprint density at radius 2 is 1.89 bits per heavy atom. The average molecular weight is 400 g/mol. The number of nitrogens with zero attached hydrogens (tertiary/aromatic N) is 1. The van der Waals surface area contributed by atoms with Crippen molar-refractivity contribution in [2.45, 2.75) is 31.2 Å². The summed E-state index contributed by atoms with van der Waals surface area (Å²) in [5.74, 6) is 0.247. The van der Waals surface area contributed by atoms with Crippen LogP contribution in [0, 0.1) is 0 Å². The third-order valence-corrected chi connectivity index (χ3v) is 5.65. The molecule has 1 fully saturated rings. The molecule has 9 heteroatoms. The van der Waals surface area contributed by atoms with Gasteiger partial charge in [0.2, 0.25) is 10.0 Å². The van der Waals surface area contributed by atoms with Crippen LogP contribution in [0.2, 0.25) is 0 Å². The maximum absolute atomic E-state index is 12.1. The molecule has 152 valence electrons. The van der Waals surface area contributed by atoms with Crippen LogP contribution in [0.25, 0.3) is 0 Å². The van der Waals surface area contributed by atoms with Crippen LogP contribution in [-0.2, 0) is 19.6 Å². The fourth-order valence-corrected chi connectivity index (χ4v) is 3.90. The molecular formula is C18H29N3O5S. The van der Waals surface area contributed by atoms with Gasteiger partial charge in [0.15, 0.2) is 6.61 Å². The van der Waals surface area contributed by atoms with Crippen LogP contribution in [0.4, 0.5) is 0 Å². The highest BCUT2D eigenvalue weighted by atomic mass is 32.2. The Bertz CT molecular complexity index is 685. The smallest absolute Gasteiger partial charge is 0.257 e. The van der Waals surface area contributed by atoms with Crippen molar-refractivity contribution in [2.24, 2.45) is 0 Å². The Kier molecular flexibility index (Phi) is 8.49. The number of sulfonamides is 1. The molecule has 2 N–H and O–H groups in total. The molecular weight excluding hydrogens is 370 g/mol. The molecule has 1 amide bonds. The minimum absolute atomic E-state index is 0.103. The summed E-state index contributed by atoms with van der Waals surface area (Å²) in [4.78, 5) is 14.3. The van der Waals surface area contributed by atoms with Gasteiger partial charge in [0.1, 0.15) is 5.75 Å². The SMILES string of the molecule is CC(C)NS(=O)(=O)c1ccc(OCC(=O)NCCCN2CCOCC2)cc1. The number of morpholine rings is 1. The second kappa shape index (κ2) is 10.6. The number of benzene rings is 1. The van der Waals surface area contributed by atoms with Crippen molar-refractivity contribution < 1.29 is 22.7 Å². The van der Waals surface area contributed by atoms with Gasteiger partial charge in [-0.15, -0.1) is 0 Å². The van der Waals surface area contributed by atoms with E-state index in [9.17, 15) is 13.2 Å². The van der Waals surface area contributed by atoms with Crippen LogP contribution >= 0.6 is 0 Å². The molecule has 1 aliphatic rings. The molecule has 0 radical (unpaired) electrons. The first-order chi connectivity index (χ1) is 12.9. The zero-order valence-electron chi connectivity index (χ0n) is 15.9. The molecule has 0 aliphatic carbocycles. The van der Waals surface area contributed by atoms with Gasteiger partial charge in [-0.3, -0.25) is 9.69 Å². The number of rotatable bonds is 10. The first kappa shape index (κ1) is 21.6. The largest absolute Gasteiger partial charge is 0.484 e. The van der Waals surface area contributed by atoms with Crippen molar-refractivity contribution in [1.29, 1.82) is 0 Å². The highest BCUT2D eigenvalue weighted by Gasteiger charge is 2.15. The Hall–Kier alpha value is -1.68. The third-order valence-electron chi connectivity index (χ3n) is 3.97. The normalized spacial score (nSPS) is 15.7. The van der Waals surface area contributed by atoms with E-state index in [1.807, 2.05) is 0 Å². The van der Waals surface area contributed by atoms with Crippen molar-refractivity contribution in [3.05, 3.63) is 24.3 Å². The maximum atomic E-state index is 12.1. The summed E-state index contributed by atoms with van der Waals surface area (Å²) in [6.45, 7) is 8.37. The van der Waals surface area contributed by atoms with E-state index >= 15 is 0 Å². The van der Waals surface area contributed by atoms with Gasteiger partial charge in [0.25, 0.3) is 5.91 Å². The van der Waals surface area contributed by atoms with E-state index in [2.05, 4.69) is 14.9 Å². The third kappa shape index (κ3) is 7.84. The maximum Gasteiger partial charge on any atom is 0.257 e. The van der Waals surface area contributed by atoms with Crippen LogP contribution in [0.3, 0.4) is 0 Å². The predicted molar refractivity (Wildman–Crippen MR) is 102 cm³/mol. The number of nitrogens with one attached hydrogen (secondary N) is 2. The lowest BCUT2D eigenvalue weighted by Crippen LogP contribution is -2.38. The molecule has 1 aromatic rings. The van der Waals surface area contributed by atoms with Gasteiger partial charge in [-0.05, 0) is 51.1 Å². The fourth-order valence-electron chi connectivity index (χ4n) is 2.65. The van der Waals surface area contributed by atoms with Crippen molar-refractivity contribution in [3.63, 3.8) is 0 Å². The number of hydrogen-bond acceptors (Lipinski definition) is 6. The van der Waals surface area contributed by atoms with Gasteiger partial charge >= 0.3 is 0 Å². The lowest BCUT2D eigenvalue weighted by atomic mass is 10.3. The van der Waals surface area contributed by atoms with Gasteiger partial charge in [0, 0.05) is 25.7 Å². The average Bonchev–Trinajstić information content (AvgIpc) is 2.64. The van der Waals surface area contributed by atoms with Crippen molar-refractivity contribution in [1.82, 2.24) is 14.9 Å². The summed E-state index contributed by atoms with van der Waals surface area (Å²) >= 11 is 0. The molecule has 8 nitrogen and oxygen atoms in total. The van der Waals surface area contributed by atoms with Gasteiger partial charge in [-0.1, -0.05) is 0 Å². The highest BCUT2D eigenvalue weighted by molar-refractivity contribution is 7.89. The van der Waals surface area contributed by atoms with Crippen LogP contribution < -0.4 is 14.8 Å². The molecule has 1 aromatic carbocycles. The van der Waals surface area contributed by atoms with Crippen LogP contribution in [0.5, 0.6) is 5.75 Å². The molecule has 1 heterocycles. The summed E-state index contributed by atoms with van der Waals surface area (Å²) in [5, 5.41) is 2.82. The summed E-state index contributed by atoms with van der Waals surface area (Å²) in [6.07, 6.45) is 0.876.